The largest absolute Gasteiger partial charge is 0.384 e. The fraction of sp³-hybridized carbons (Fsp3) is 0.429. The van der Waals surface area contributed by atoms with Gasteiger partial charge in [0.1, 0.15) is 0 Å². The summed E-state index contributed by atoms with van der Waals surface area (Å²) in [7, 11) is 0. The quantitative estimate of drug-likeness (QED) is 0.480. The van der Waals surface area contributed by atoms with Crippen LogP contribution in [0.1, 0.15) is 26.3 Å². The fourth-order valence-electron chi connectivity index (χ4n) is 1.32. The number of carbonyl (C=O) groups excluding carboxylic acids is 1. The number of carbonyl (C=O) groups is 1. The van der Waals surface area contributed by atoms with Crippen LogP contribution in [0.15, 0.2) is 29.4 Å². The number of amides is 1. The molecular weight excluding hydrogens is 278 g/mol. The second kappa shape index (κ2) is 7.75. The van der Waals surface area contributed by atoms with Crippen molar-refractivity contribution in [2.24, 2.45) is 16.8 Å². The summed E-state index contributed by atoms with van der Waals surface area (Å²) >= 11 is 5.84. The number of rotatable bonds is 6. The molecule has 1 aromatic carbocycles. The van der Waals surface area contributed by atoms with Crippen LogP contribution in [-0.4, -0.2) is 24.4 Å². The van der Waals surface area contributed by atoms with Crippen molar-refractivity contribution in [1.29, 1.82) is 0 Å². The average Bonchev–Trinajstić information content (AvgIpc) is 2.38. The summed E-state index contributed by atoms with van der Waals surface area (Å²) in [6, 6.07) is 7.01. The van der Waals surface area contributed by atoms with Gasteiger partial charge in [-0.15, -0.1) is 0 Å². The first-order valence-corrected chi connectivity index (χ1v) is 6.78. The number of nitrogens with zero attached hydrogens (tertiary/aromatic N) is 1. The van der Waals surface area contributed by atoms with Crippen molar-refractivity contribution in [1.82, 2.24) is 5.32 Å². The van der Waals surface area contributed by atoms with Crippen molar-refractivity contribution >= 4 is 23.3 Å². The number of halogens is 1. The van der Waals surface area contributed by atoms with E-state index in [-0.39, 0.29) is 24.4 Å². The summed E-state index contributed by atoms with van der Waals surface area (Å²) < 4.78 is 0. The Labute approximate surface area is 124 Å². The van der Waals surface area contributed by atoms with Gasteiger partial charge in [0.15, 0.2) is 12.4 Å². The smallest absolute Gasteiger partial charge is 0.260 e. The molecule has 1 aromatic rings. The minimum absolute atomic E-state index is 0.0837. The Balaban J connectivity index is 2.46. The molecule has 0 aliphatic heterocycles. The number of oxime groups is 1. The highest BCUT2D eigenvalue weighted by Gasteiger charge is 2.11. The van der Waals surface area contributed by atoms with Crippen molar-refractivity contribution in [3.8, 4) is 0 Å². The molecule has 1 unspecified atom stereocenters. The zero-order valence-corrected chi connectivity index (χ0v) is 12.6. The van der Waals surface area contributed by atoms with E-state index in [2.05, 4.69) is 10.5 Å². The molecule has 0 spiro atoms. The van der Waals surface area contributed by atoms with Gasteiger partial charge in [0.25, 0.3) is 5.91 Å². The van der Waals surface area contributed by atoms with Crippen molar-refractivity contribution < 1.29 is 9.63 Å². The molecule has 6 heteroatoms. The van der Waals surface area contributed by atoms with Gasteiger partial charge in [-0.05, 0) is 25.0 Å². The molecule has 0 aliphatic rings. The highest BCUT2D eigenvalue weighted by Crippen LogP contribution is 2.10. The first-order valence-electron chi connectivity index (χ1n) is 6.41. The van der Waals surface area contributed by atoms with Gasteiger partial charge in [-0.1, -0.05) is 42.7 Å². The number of amidine groups is 1. The summed E-state index contributed by atoms with van der Waals surface area (Å²) in [4.78, 5) is 16.5. The van der Waals surface area contributed by atoms with Crippen LogP contribution < -0.4 is 11.1 Å². The first-order chi connectivity index (χ1) is 9.40. The van der Waals surface area contributed by atoms with E-state index in [9.17, 15) is 4.79 Å². The number of hydrogen-bond acceptors (Lipinski definition) is 3. The monoisotopic (exact) mass is 297 g/mol. The van der Waals surface area contributed by atoms with E-state index >= 15 is 0 Å². The van der Waals surface area contributed by atoms with Crippen LogP contribution >= 0.6 is 11.6 Å². The lowest BCUT2D eigenvalue weighted by Gasteiger charge is -2.16. The third-order valence-electron chi connectivity index (χ3n) is 2.87. The van der Waals surface area contributed by atoms with Gasteiger partial charge in [-0.3, -0.25) is 4.79 Å². The maximum absolute atomic E-state index is 11.6. The maximum Gasteiger partial charge on any atom is 0.260 e. The lowest BCUT2D eigenvalue weighted by molar-refractivity contribution is -0.126. The highest BCUT2D eigenvalue weighted by atomic mass is 35.5. The zero-order chi connectivity index (χ0) is 15.1. The molecule has 3 N–H and O–H groups in total. The number of nitrogens with one attached hydrogen (secondary N) is 1. The van der Waals surface area contributed by atoms with Crippen molar-refractivity contribution in [2.45, 2.75) is 26.8 Å². The summed E-state index contributed by atoms with van der Waals surface area (Å²) in [5.41, 5.74) is 6.38. The third kappa shape index (κ3) is 5.48. The SMILES string of the molecule is CC(C)C(C)NC(=O)CO/N=C(\N)c1cccc(Cl)c1. The molecule has 0 fully saturated rings. The van der Waals surface area contributed by atoms with E-state index in [4.69, 9.17) is 22.2 Å². The lowest BCUT2D eigenvalue weighted by Crippen LogP contribution is -2.38. The van der Waals surface area contributed by atoms with Crippen LogP contribution in [0.5, 0.6) is 0 Å². The Morgan fingerprint density at radius 2 is 2.15 bits per heavy atom. The normalized spacial score (nSPS) is 13.2. The molecule has 0 heterocycles. The highest BCUT2D eigenvalue weighted by molar-refractivity contribution is 6.31. The summed E-state index contributed by atoms with van der Waals surface area (Å²) in [6.07, 6.45) is 0. The summed E-state index contributed by atoms with van der Waals surface area (Å²) in [5, 5.41) is 7.07. The number of benzene rings is 1. The predicted molar refractivity (Wildman–Crippen MR) is 80.6 cm³/mol. The first kappa shape index (κ1) is 16.3. The third-order valence-corrected chi connectivity index (χ3v) is 3.10. The van der Waals surface area contributed by atoms with Crippen molar-refractivity contribution in [3.63, 3.8) is 0 Å². The van der Waals surface area contributed by atoms with Crippen molar-refractivity contribution in [2.75, 3.05) is 6.61 Å². The fourth-order valence-corrected chi connectivity index (χ4v) is 1.51. The molecule has 0 saturated carbocycles. The molecule has 0 aliphatic carbocycles. The topological polar surface area (TPSA) is 76.7 Å². The molecular formula is C14H20ClN3O2. The molecule has 20 heavy (non-hydrogen) atoms. The molecule has 1 rings (SSSR count). The Morgan fingerprint density at radius 3 is 2.75 bits per heavy atom. The Kier molecular flexibility index (Phi) is 6.31. The van der Waals surface area contributed by atoms with Gasteiger partial charge in [0.05, 0.1) is 0 Å². The molecule has 110 valence electrons. The van der Waals surface area contributed by atoms with E-state index in [1.54, 1.807) is 24.3 Å². The number of hydrogen-bond donors (Lipinski definition) is 2. The minimum atomic E-state index is -0.228. The maximum atomic E-state index is 11.6. The number of nitrogens with two attached hydrogens (primary N) is 1. The van der Waals surface area contributed by atoms with Gasteiger partial charge in [-0.25, -0.2) is 0 Å². The van der Waals surface area contributed by atoms with E-state index in [1.165, 1.54) is 0 Å². The van der Waals surface area contributed by atoms with Gasteiger partial charge in [0, 0.05) is 16.6 Å². The van der Waals surface area contributed by atoms with Crippen LogP contribution in [-0.2, 0) is 9.63 Å². The minimum Gasteiger partial charge on any atom is -0.384 e. The lowest BCUT2D eigenvalue weighted by atomic mass is 10.1. The molecule has 0 aromatic heterocycles. The molecule has 1 atom stereocenters. The second-order valence-corrected chi connectivity index (χ2v) is 5.30. The van der Waals surface area contributed by atoms with E-state index in [1.807, 2.05) is 20.8 Å². The Morgan fingerprint density at radius 1 is 1.45 bits per heavy atom. The van der Waals surface area contributed by atoms with Crippen LogP contribution in [0, 0.1) is 5.92 Å². The Hall–Kier alpha value is -1.75. The van der Waals surface area contributed by atoms with Gasteiger partial charge < -0.3 is 15.9 Å². The average molecular weight is 298 g/mol. The molecule has 0 saturated heterocycles. The molecule has 1 amide bonds. The van der Waals surface area contributed by atoms with Gasteiger partial charge in [0.2, 0.25) is 0 Å². The molecule has 0 bridgehead atoms. The van der Waals surface area contributed by atoms with E-state index in [0.29, 0.717) is 16.5 Å². The summed E-state index contributed by atoms with van der Waals surface area (Å²) in [6.45, 7) is 5.83. The van der Waals surface area contributed by atoms with Gasteiger partial charge >= 0.3 is 0 Å². The van der Waals surface area contributed by atoms with Gasteiger partial charge in [-0.2, -0.15) is 0 Å². The standard InChI is InChI=1S/C14H20ClN3O2/c1-9(2)10(3)17-13(19)8-20-18-14(16)11-5-4-6-12(15)7-11/h4-7,9-10H,8H2,1-3H3,(H2,16,18)(H,17,19). The molecule has 5 nitrogen and oxygen atoms in total. The van der Waals surface area contributed by atoms with Crippen LogP contribution in [0.4, 0.5) is 0 Å². The Bertz CT molecular complexity index is 489. The second-order valence-electron chi connectivity index (χ2n) is 4.86. The predicted octanol–water partition coefficient (Wildman–Crippen LogP) is 2.14. The zero-order valence-electron chi connectivity index (χ0n) is 11.9. The summed E-state index contributed by atoms with van der Waals surface area (Å²) in [5.74, 6) is 0.310. The molecule has 0 radical (unpaired) electrons. The van der Waals surface area contributed by atoms with Crippen LogP contribution in [0.2, 0.25) is 5.02 Å². The van der Waals surface area contributed by atoms with Crippen LogP contribution in [0.25, 0.3) is 0 Å². The van der Waals surface area contributed by atoms with E-state index in [0.717, 1.165) is 0 Å². The van der Waals surface area contributed by atoms with Crippen molar-refractivity contribution in [3.05, 3.63) is 34.9 Å². The van der Waals surface area contributed by atoms with E-state index < -0.39 is 0 Å². The van der Waals surface area contributed by atoms with Crippen LogP contribution in [0.3, 0.4) is 0 Å².